The molecule has 3 N–H and O–H groups in total. The number of aromatic hydroxyl groups is 1. The number of halogens is 1. The molecule has 0 heterocycles. The predicted molar refractivity (Wildman–Crippen MR) is 61.4 cm³/mol. The number of aliphatic imine (C=N–C) groups is 1. The molecule has 0 aliphatic rings. The summed E-state index contributed by atoms with van der Waals surface area (Å²) in [5.41, 5.74) is 0.564. The topological polar surface area (TPSA) is 73.0 Å². The quantitative estimate of drug-likeness (QED) is 0.715. The van der Waals surface area contributed by atoms with Gasteiger partial charge in [-0.3, -0.25) is 4.99 Å². The van der Waals surface area contributed by atoms with Crippen LogP contribution in [0.2, 0.25) is 0 Å². The lowest BCUT2D eigenvalue weighted by Gasteiger charge is -2.02. The third kappa shape index (κ3) is 3.99. The van der Waals surface area contributed by atoms with Gasteiger partial charge in [0.15, 0.2) is 0 Å². The van der Waals surface area contributed by atoms with Gasteiger partial charge in [0.2, 0.25) is 0 Å². The van der Waals surface area contributed by atoms with Gasteiger partial charge in [0.25, 0.3) is 0 Å². The molecule has 0 saturated carbocycles. The van der Waals surface area contributed by atoms with Crippen LogP contribution >= 0.6 is 15.9 Å². The van der Waals surface area contributed by atoms with Crippen LogP contribution in [0.3, 0.4) is 0 Å². The van der Waals surface area contributed by atoms with Crippen molar-refractivity contribution in [1.29, 1.82) is 0 Å². The van der Waals surface area contributed by atoms with E-state index >= 15 is 0 Å². The minimum atomic E-state index is -0.851. The Morgan fingerprint density at radius 3 is 2.87 bits per heavy atom. The lowest BCUT2D eigenvalue weighted by atomic mass is 10.2. The Morgan fingerprint density at radius 1 is 1.47 bits per heavy atom. The molecule has 1 aromatic carbocycles. The van der Waals surface area contributed by atoms with E-state index in [1.54, 1.807) is 18.2 Å². The molecule has 1 atom stereocenters. The van der Waals surface area contributed by atoms with E-state index < -0.39 is 6.10 Å². The van der Waals surface area contributed by atoms with Gasteiger partial charge in [0, 0.05) is 16.3 Å². The molecule has 1 unspecified atom stereocenters. The minimum absolute atomic E-state index is 0.114. The molecule has 1 aromatic rings. The first-order valence-corrected chi connectivity index (χ1v) is 5.20. The van der Waals surface area contributed by atoms with Crippen molar-refractivity contribution >= 4 is 22.1 Å². The summed E-state index contributed by atoms with van der Waals surface area (Å²) in [6, 6.07) is 4.98. The number of aliphatic hydroxyl groups is 2. The number of hydrogen-bond donors (Lipinski definition) is 3. The van der Waals surface area contributed by atoms with Gasteiger partial charge in [-0.1, -0.05) is 15.9 Å². The maximum Gasteiger partial charge on any atom is 0.124 e. The van der Waals surface area contributed by atoms with Gasteiger partial charge < -0.3 is 15.3 Å². The van der Waals surface area contributed by atoms with Gasteiger partial charge in [-0.15, -0.1) is 0 Å². The van der Waals surface area contributed by atoms with Crippen molar-refractivity contribution in [3.63, 3.8) is 0 Å². The molecule has 0 aliphatic heterocycles. The maximum atomic E-state index is 9.43. The number of phenolic OH excluding ortho intramolecular Hbond substituents is 1. The average molecular weight is 274 g/mol. The van der Waals surface area contributed by atoms with Gasteiger partial charge in [0.1, 0.15) is 5.75 Å². The van der Waals surface area contributed by atoms with E-state index in [1.165, 1.54) is 6.21 Å². The monoisotopic (exact) mass is 273 g/mol. The molecular weight excluding hydrogens is 262 g/mol. The van der Waals surface area contributed by atoms with Crippen molar-refractivity contribution in [1.82, 2.24) is 0 Å². The first-order valence-electron chi connectivity index (χ1n) is 4.40. The normalized spacial score (nSPS) is 13.3. The van der Waals surface area contributed by atoms with E-state index in [2.05, 4.69) is 20.9 Å². The Kier molecular flexibility index (Phi) is 4.74. The van der Waals surface area contributed by atoms with Crippen molar-refractivity contribution in [3.05, 3.63) is 28.2 Å². The third-order valence-electron chi connectivity index (χ3n) is 1.75. The number of rotatable bonds is 4. The first kappa shape index (κ1) is 12.2. The molecule has 0 aromatic heterocycles. The van der Waals surface area contributed by atoms with Gasteiger partial charge >= 0.3 is 0 Å². The predicted octanol–water partition coefficient (Wildman–Crippen LogP) is 0.927. The van der Waals surface area contributed by atoms with Crippen LogP contribution < -0.4 is 0 Å². The van der Waals surface area contributed by atoms with E-state index in [0.717, 1.165) is 4.47 Å². The lowest BCUT2D eigenvalue weighted by Crippen LogP contribution is -2.15. The molecule has 0 amide bonds. The molecule has 1 rings (SSSR count). The Labute approximate surface area is 96.0 Å². The van der Waals surface area contributed by atoms with E-state index in [1.807, 2.05) is 0 Å². The van der Waals surface area contributed by atoms with Crippen molar-refractivity contribution in [2.45, 2.75) is 6.10 Å². The van der Waals surface area contributed by atoms with Crippen LogP contribution in [-0.4, -0.2) is 40.8 Å². The first-order chi connectivity index (χ1) is 7.13. The highest BCUT2D eigenvalue weighted by molar-refractivity contribution is 9.10. The summed E-state index contributed by atoms with van der Waals surface area (Å²) >= 11 is 3.27. The number of nitrogens with zero attached hydrogens (tertiary/aromatic N) is 1. The van der Waals surface area contributed by atoms with Gasteiger partial charge in [-0.25, -0.2) is 0 Å². The Hall–Kier alpha value is -0.910. The zero-order valence-electron chi connectivity index (χ0n) is 7.97. The maximum absolute atomic E-state index is 9.43. The molecule has 15 heavy (non-hydrogen) atoms. The van der Waals surface area contributed by atoms with Gasteiger partial charge in [0.05, 0.1) is 19.3 Å². The van der Waals surface area contributed by atoms with Crippen LogP contribution in [0.25, 0.3) is 0 Å². The minimum Gasteiger partial charge on any atom is -0.507 e. The lowest BCUT2D eigenvalue weighted by molar-refractivity contribution is 0.102. The molecule has 82 valence electrons. The van der Waals surface area contributed by atoms with Gasteiger partial charge in [-0.05, 0) is 18.2 Å². The fourth-order valence-electron chi connectivity index (χ4n) is 0.959. The summed E-state index contributed by atoms with van der Waals surface area (Å²) in [6.07, 6.45) is 0.606. The van der Waals surface area contributed by atoms with Crippen LogP contribution in [0.1, 0.15) is 5.56 Å². The molecule has 0 saturated heterocycles. The van der Waals surface area contributed by atoms with E-state index in [4.69, 9.17) is 10.2 Å². The Bertz CT molecular complexity index is 355. The second-order valence-corrected chi connectivity index (χ2v) is 3.95. The fraction of sp³-hybridized carbons (Fsp3) is 0.300. The number of phenols is 1. The second kappa shape index (κ2) is 5.85. The SMILES string of the molecule is OCC(O)CN=Cc1cc(Br)ccc1O. The average Bonchev–Trinajstić information content (AvgIpc) is 2.23. The van der Waals surface area contributed by atoms with E-state index in [9.17, 15) is 5.11 Å². The van der Waals surface area contributed by atoms with Crippen LogP contribution in [0.5, 0.6) is 5.75 Å². The van der Waals surface area contributed by atoms with Crippen molar-refractivity contribution in [2.24, 2.45) is 4.99 Å². The molecule has 5 heteroatoms. The number of benzene rings is 1. The molecule has 0 radical (unpaired) electrons. The highest BCUT2D eigenvalue weighted by Crippen LogP contribution is 2.19. The van der Waals surface area contributed by atoms with Crippen molar-refractivity contribution in [3.8, 4) is 5.75 Å². The summed E-state index contributed by atoms with van der Waals surface area (Å²) < 4.78 is 0.837. The van der Waals surface area contributed by atoms with Crippen molar-refractivity contribution in [2.75, 3.05) is 13.2 Å². The summed E-state index contributed by atoms with van der Waals surface area (Å²) in [5.74, 6) is 0.125. The Balaban J connectivity index is 2.67. The van der Waals surface area contributed by atoms with Crippen molar-refractivity contribution < 1.29 is 15.3 Å². The fourth-order valence-corrected chi connectivity index (χ4v) is 1.34. The van der Waals surface area contributed by atoms with Crippen LogP contribution in [0, 0.1) is 0 Å². The molecule has 0 spiro atoms. The molecule has 4 nitrogen and oxygen atoms in total. The van der Waals surface area contributed by atoms with Crippen LogP contribution in [-0.2, 0) is 0 Å². The largest absolute Gasteiger partial charge is 0.507 e. The summed E-state index contributed by atoms with van der Waals surface area (Å²) in [5, 5.41) is 27.0. The van der Waals surface area contributed by atoms with E-state index in [-0.39, 0.29) is 18.9 Å². The van der Waals surface area contributed by atoms with Crippen LogP contribution in [0.15, 0.2) is 27.7 Å². The molecule has 0 aliphatic carbocycles. The Morgan fingerprint density at radius 2 is 2.20 bits per heavy atom. The number of aliphatic hydroxyl groups excluding tert-OH is 2. The highest BCUT2D eigenvalue weighted by atomic mass is 79.9. The standard InChI is InChI=1S/C10H12BrNO3/c11-8-1-2-10(15)7(3-8)4-12-5-9(14)6-13/h1-4,9,13-15H,5-6H2. The smallest absolute Gasteiger partial charge is 0.124 e. The third-order valence-corrected chi connectivity index (χ3v) is 2.24. The summed E-state index contributed by atoms with van der Waals surface area (Å²) in [6.45, 7) is -0.204. The highest BCUT2D eigenvalue weighted by Gasteiger charge is 2.00. The zero-order valence-corrected chi connectivity index (χ0v) is 9.55. The van der Waals surface area contributed by atoms with Gasteiger partial charge in [-0.2, -0.15) is 0 Å². The summed E-state index contributed by atoms with van der Waals surface area (Å²) in [7, 11) is 0. The van der Waals surface area contributed by atoms with Crippen LogP contribution in [0.4, 0.5) is 0 Å². The molecule has 0 bridgehead atoms. The second-order valence-electron chi connectivity index (χ2n) is 3.03. The summed E-state index contributed by atoms with van der Waals surface area (Å²) in [4.78, 5) is 3.90. The molecule has 0 fully saturated rings. The molecular formula is C10H12BrNO3. The van der Waals surface area contributed by atoms with E-state index in [0.29, 0.717) is 5.56 Å². The zero-order chi connectivity index (χ0) is 11.3. The number of hydrogen-bond acceptors (Lipinski definition) is 4.